The van der Waals surface area contributed by atoms with Crippen LogP contribution in [0.4, 0.5) is 0 Å². The van der Waals surface area contributed by atoms with Crippen molar-refractivity contribution in [3.05, 3.63) is 34.9 Å². The smallest absolute Gasteiger partial charge is 0.251 e. The summed E-state index contributed by atoms with van der Waals surface area (Å²) in [7, 11) is 0. The molecule has 0 saturated heterocycles. The molecule has 0 bridgehead atoms. The maximum atomic E-state index is 11.2. The monoisotopic (exact) mass is 191 g/mol. The Morgan fingerprint density at radius 3 is 3.07 bits per heavy atom. The zero-order chi connectivity index (χ0) is 10.1. The topological polar surface area (TPSA) is 87.7 Å². The molecule has 72 valence electrons. The van der Waals surface area contributed by atoms with Gasteiger partial charge in [-0.3, -0.25) is 4.79 Å². The Bertz CT molecular complexity index is 426. The Labute approximate surface area is 80.2 Å². The van der Waals surface area contributed by atoms with E-state index in [-0.39, 0.29) is 11.7 Å². The standard InChI is InChI=1S/C9H9N3O2/c10-8(12-14)5-1-2-7-6(3-5)4-11-9(7)13/h1-3,14H,4H2,(H2,10,12)(H,11,13). The summed E-state index contributed by atoms with van der Waals surface area (Å²) >= 11 is 0. The molecule has 1 aromatic carbocycles. The third kappa shape index (κ3) is 1.19. The summed E-state index contributed by atoms with van der Waals surface area (Å²) in [6, 6.07) is 5.06. The SMILES string of the molecule is N/C(=N\O)c1ccc2c(c1)CNC2=O. The van der Waals surface area contributed by atoms with Crippen molar-refractivity contribution >= 4 is 11.7 Å². The molecule has 1 heterocycles. The normalized spacial score (nSPS) is 15.1. The second-order valence-corrected chi connectivity index (χ2v) is 3.04. The number of hydrogen-bond donors (Lipinski definition) is 3. The zero-order valence-corrected chi connectivity index (χ0v) is 7.32. The van der Waals surface area contributed by atoms with Crippen LogP contribution in [0.25, 0.3) is 0 Å². The van der Waals surface area contributed by atoms with Gasteiger partial charge >= 0.3 is 0 Å². The predicted octanol–water partition coefficient (Wildman–Crippen LogP) is 0.0245. The third-order valence-electron chi connectivity index (χ3n) is 2.19. The van der Waals surface area contributed by atoms with Gasteiger partial charge in [0, 0.05) is 17.7 Å². The Hall–Kier alpha value is -2.04. The first-order valence-corrected chi connectivity index (χ1v) is 4.11. The number of rotatable bonds is 1. The highest BCUT2D eigenvalue weighted by Gasteiger charge is 2.18. The lowest BCUT2D eigenvalue weighted by Crippen LogP contribution is -2.13. The van der Waals surface area contributed by atoms with E-state index in [9.17, 15) is 4.79 Å². The fourth-order valence-corrected chi connectivity index (χ4v) is 1.45. The van der Waals surface area contributed by atoms with Gasteiger partial charge in [-0.1, -0.05) is 11.2 Å². The average Bonchev–Trinajstić information content (AvgIpc) is 2.59. The van der Waals surface area contributed by atoms with Crippen molar-refractivity contribution in [2.45, 2.75) is 6.54 Å². The van der Waals surface area contributed by atoms with Gasteiger partial charge in [0.1, 0.15) is 0 Å². The predicted molar refractivity (Wildman–Crippen MR) is 50.1 cm³/mol. The van der Waals surface area contributed by atoms with Crippen LogP contribution < -0.4 is 11.1 Å². The van der Waals surface area contributed by atoms with E-state index < -0.39 is 0 Å². The van der Waals surface area contributed by atoms with Crippen LogP contribution in [-0.2, 0) is 6.54 Å². The van der Waals surface area contributed by atoms with E-state index in [4.69, 9.17) is 10.9 Å². The molecular weight excluding hydrogens is 182 g/mol. The number of oxime groups is 1. The van der Waals surface area contributed by atoms with Crippen molar-refractivity contribution < 1.29 is 10.0 Å². The van der Waals surface area contributed by atoms with Gasteiger partial charge in [-0.2, -0.15) is 0 Å². The molecule has 0 fully saturated rings. The van der Waals surface area contributed by atoms with E-state index in [0.29, 0.717) is 17.7 Å². The van der Waals surface area contributed by atoms with Crippen LogP contribution in [0.3, 0.4) is 0 Å². The van der Waals surface area contributed by atoms with Crippen LogP contribution in [-0.4, -0.2) is 17.0 Å². The largest absolute Gasteiger partial charge is 0.409 e. The minimum atomic E-state index is -0.0777. The van der Waals surface area contributed by atoms with Gasteiger partial charge in [0.2, 0.25) is 0 Å². The van der Waals surface area contributed by atoms with Crippen molar-refractivity contribution in [2.75, 3.05) is 0 Å². The summed E-state index contributed by atoms with van der Waals surface area (Å²) < 4.78 is 0. The Kier molecular flexibility index (Phi) is 1.85. The summed E-state index contributed by atoms with van der Waals surface area (Å²) in [6.07, 6.45) is 0. The van der Waals surface area contributed by atoms with Crippen molar-refractivity contribution in [3.8, 4) is 0 Å². The molecule has 1 amide bonds. The van der Waals surface area contributed by atoms with Crippen LogP contribution in [0, 0.1) is 0 Å². The van der Waals surface area contributed by atoms with E-state index in [2.05, 4.69) is 10.5 Å². The lowest BCUT2D eigenvalue weighted by molar-refractivity contribution is 0.0966. The number of amidine groups is 1. The molecule has 0 atom stereocenters. The van der Waals surface area contributed by atoms with E-state index in [1.807, 2.05) is 0 Å². The maximum absolute atomic E-state index is 11.2. The minimum absolute atomic E-state index is 0.0483. The molecule has 5 nitrogen and oxygen atoms in total. The summed E-state index contributed by atoms with van der Waals surface area (Å²) in [5.41, 5.74) is 7.56. The lowest BCUT2D eigenvalue weighted by atomic mass is 10.1. The van der Waals surface area contributed by atoms with Gasteiger partial charge in [-0.25, -0.2) is 0 Å². The summed E-state index contributed by atoms with van der Waals surface area (Å²) in [5.74, 6) is -0.0294. The van der Waals surface area contributed by atoms with Crippen LogP contribution in [0.1, 0.15) is 21.5 Å². The second-order valence-electron chi connectivity index (χ2n) is 3.04. The quantitative estimate of drug-likeness (QED) is 0.253. The number of carbonyl (C=O) groups is 1. The highest BCUT2D eigenvalue weighted by Crippen LogP contribution is 2.16. The molecule has 4 N–H and O–H groups in total. The van der Waals surface area contributed by atoms with Gasteiger partial charge in [-0.05, 0) is 17.7 Å². The van der Waals surface area contributed by atoms with Crippen LogP contribution in [0.15, 0.2) is 23.4 Å². The number of benzene rings is 1. The van der Waals surface area contributed by atoms with Gasteiger partial charge < -0.3 is 16.3 Å². The molecule has 2 rings (SSSR count). The van der Waals surface area contributed by atoms with E-state index in [1.54, 1.807) is 18.2 Å². The maximum Gasteiger partial charge on any atom is 0.251 e. The highest BCUT2D eigenvalue weighted by molar-refractivity contribution is 6.01. The first kappa shape index (κ1) is 8.55. The molecule has 0 aromatic heterocycles. The Balaban J connectivity index is 2.47. The van der Waals surface area contributed by atoms with Crippen molar-refractivity contribution in [3.63, 3.8) is 0 Å². The first-order valence-electron chi connectivity index (χ1n) is 4.11. The van der Waals surface area contributed by atoms with E-state index in [1.165, 1.54) is 0 Å². The molecule has 14 heavy (non-hydrogen) atoms. The first-order chi connectivity index (χ1) is 6.72. The number of carbonyl (C=O) groups excluding carboxylic acids is 1. The Morgan fingerprint density at radius 1 is 1.57 bits per heavy atom. The van der Waals surface area contributed by atoms with Gasteiger partial charge in [0.25, 0.3) is 5.91 Å². The van der Waals surface area contributed by atoms with Crippen LogP contribution >= 0.6 is 0 Å². The molecule has 0 unspecified atom stereocenters. The summed E-state index contributed by atoms with van der Waals surface area (Å²) in [6.45, 7) is 0.501. The van der Waals surface area contributed by atoms with E-state index in [0.717, 1.165) is 5.56 Å². The molecule has 1 aromatic rings. The number of nitrogens with one attached hydrogen (secondary N) is 1. The average molecular weight is 191 g/mol. The summed E-state index contributed by atoms with van der Waals surface area (Å²) in [5, 5.41) is 14.0. The molecule has 0 radical (unpaired) electrons. The minimum Gasteiger partial charge on any atom is -0.409 e. The van der Waals surface area contributed by atoms with Gasteiger partial charge in [0.15, 0.2) is 5.84 Å². The van der Waals surface area contributed by atoms with E-state index >= 15 is 0 Å². The number of nitrogens with zero attached hydrogens (tertiary/aromatic N) is 1. The third-order valence-corrected chi connectivity index (χ3v) is 2.19. The number of fused-ring (bicyclic) bond motifs is 1. The fraction of sp³-hybridized carbons (Fsp3) is 0.111. The lowest BCUT2D eigenvalue weighted by Gasteiger charge is -2.00. The molecule has 1 aliphatic heterocycles. The second kappa shape index (κ2) is 3.02. The van der Waals surface area contributed by atoms with Crippen molar-refractivity contribution in [1.29, 1.82) is 0 Å². The molecule has 5 heteroatoms. The number of amides is 1. The molecule has 0 spiro atoms. The van der Waals surface area contributed by atoms with Gasteiger partial charge in [0.05, 0.1) is 0 Å². The van der Waals surface area contributed by atoms with Crippen molar-refractivity contribution in [1.82, 2.24) is 5.32 Å². The summed E-state index contributed by atoms with van der Waals surface area (Å²) in [4.78, 5) is 11.2. The molecule has 1 aliphatic rings. The highest BCUT2D eigenvalue weighted by atomic mass is 16.4. The molecule has 0 saturated carbocycles. The number of hydrogen-bond acceptors (Lipinski definition) is 3. The molecule has 0 aliphatic carbocycles. The number of nitrogens with two attached hydrogens (primary N) is 1. The zero-order valence-electron chi connectivity index (χ0n) is 7.32. The van der Waals surface area contributed by atoms with Crippen molar-refractivity contribution in [2.24, 2.45) is 10.9 Å². The molecular formula is C9H9N3O2. The van der Waals surface area contributed by atoms with Gasteiger partial charge in [-0.15, -0.1) is 0 Å². The Morgan fingerprint density at radius 2 is 2.36 bits per heavy atom. The fourth-order valence-electron chi connectivity index (χ4n) is 1.45. The van der Waals surface area contributed by atoms with Crippen LogP contribution in [0.2, 0.25) is 0 Å². The van der Waals surface area contributed by atoms with Crippen LogP contribution in [0.5, 0.6) is 0 Å².